The van der Waals surface area contributed by atoms with Crippen molar-refractivity contribution in [3.63, 3.8) is 0 Å². The molecule has 10 heteroatoms. The van der Waals surface area contributed by atoms with Crippen molar-refractivity contribution in [2.45, 2.75) is 36.9 Å². The van der Waals surface area contributed by atoms with Crippen molar-refractivity contribution in [1.29, 1.82) is 0 Å². The van der Waals surface area contributed by atoms with Crippen molar-refractivity contribution in [2.75, 3.05) is 11.1 Å². The Bertz CT molecular complexity index is 946. The molecular formula is C18H16F3N3O2S2. The molecule has 2 aliphatic rings. The number of hydrogen-bond acceptors (Lipinski definition) is 5. The molecule has 2 aromatic rings. The van der Waals surface area contributed by atoms with Crippen LogP contribution < -0.4 is 5.32 Å². The molecule has 2 atom stereocenters. The molecule has 1 N–H and O–H groups in total. The predicted molar refractivity (Wildman–Crippen MR) is 102 cm³/mol. The second-order valence-corrected chi connectivity index (χ2v) is 9.23. The molecule has 148 valence electrons. The Morgan fingerprint density at radius 3 is 2.93 bits per heavy atom. The van der Waals surface area contributed by atoms with Gasteiger partial charge in [-0.3, -0.25) is 9.59 Å². The molecule has 2 amide bonds. The first kappa shape index (κ1) is 19.3. The van der Waals surface area contributed by atoms with E-state index >= 15 is 0 Å². The van der Waals surface area contributed by atoms with Crippen molar-refractivity contribution in [3.8, 4) is 11.3 Å². The number of rotatable bonds is 3. The average molecular weight is 427 g/mol. The van der Waals surface area contributed by atoms with E-state index in [1.807, 2.05) is 6.92 Å². The Labute approximate surface area is 167 Å². The predicted octanol–water partition coefficient (Wildman–Crippen LogP) is 4.22. The molecule has 1 aromatic heterocycles. The first-order chi connectivity index (χ1) is 13.2. The highest BCUT2D eigenvalue weighted by Crippen LogP contribution is 2.47. The highest BCUT2D eigenvalue weighted by Gasteiger charge is 2.52. The SMILES string of the molecule is CC12CCC(=O)N1C(C(=O)Nc1nc(-c3cccc(C(F)(F)F)c3)cs1)CS2. The van der Waals surface area contributed by atoms with E-state index in [9.17, 15) is 22.8 Å². The molecule has 1 aromatic carbocycles. The number of halogens is 3. The van der Waals surface area contributed by atoms with Crippen molar-refractivity contribution in [3.05, 3.63) is 35.2 Å². The Balaban J connectivity index is 1.50. The zero-order chi connectivity index (χ0) is 20.1. The fourth-order valence-corrected chi connectivity index (χ4v) is 5.68. The molecule has 0 saturated carbocycles. The number of nitrogens with zero attached hydrogens (tertiary/aromatic N) is 2. The van der Waals surface area contributed by atoms with Gasteiger partial charge in [-0.2, -0.15) is 13.2 Å². The van der Waals surface area contributed by atoms with E-state index in [4.69, 9.17) is 0 Å². The minimum absolute atomic E-state index is 0.0311. The standard InChI is InChI=1S/C18H16F3N3O2S2/c1-17-6-5-14(25)24(17)13(9-28-17)15(26)23-16-22-12(8-27-16)10-3-2-4-11(7-10)18(19,20)21/h2-4,7-8,13H,5-6,9H2,1H3,(H,22,23,26). The van der Waals surface area contributed by atoms with E-state index in [1.165, 1.54) is 12.1 Å². The van der Waals surface area contributed by atoms with Crippen LogP contribution in [0, 0.1) is 0 Å². The Morgan fingerprint density at radius 1 is 1.39 bits per heavy atom. The molecule has 2 aliphatic heterocycles. The summed E-state index contributed by atoms with van der Waals surface area (Å²) in [5.74, 6) is 0.160. The molecule has 3 heterocycles. The van der Waals surface area contributed by atoms with Crippen LogP contribution in [-0.2, 0) is 15.8 Å². The summed E-state index contributed by atoms with van der Waals surface area (Å²) in [5.41, 5.74) is -0.0713. The highest BCUT2D eigenvalue weighted by atomic mass is 32.2. The van der Waals surface area contributed by atoms with E-state index in [0.717, 1.165) is 29.9 Å². The maximum Gasteiger partial charge on any atom is 0.416 e. The number of benzene rings is 1. The van der Waals surface area contributed by atoms with Crippen molar-refractivity contribution in [2.24, 2.45) is 0 Å². The van der Waals surface area contributed by atoms with Crippen LogP contribution in [0.1, 0.15) is 25.3 Å². The minimum atomic E-state index is -4.43. The summed E-state index contributed by atoms with van der Waals surface area (Å²) in [6.07, 6.45) is -3.28. The summed E-state index contributed by atoms with van der Waals surface area (Å²) < 4.78 is 38.7. The number of hydrogen-bond donors (Lipinski definition) is 1. The summed E-state index contributed by atoms with van der Waals surface area (Å²) in [7, 11) is 0. The van der Waals surface area contributed by atoms with Gasteiger partial charge in [-0.1, -0.05) is 12.1 Å². The number of thiazole rings is 1. The Morgan fingerprint density at radius 2 is 2.18 bits per heavy atom. The largest absolute Gasteiger partial charge is 0.416 e. The lowest BCUT2D eigenvalue weighted by Gasteiger charge is -2.29. The molecule has 2 fully saturated rings. The molecule has 0 bridgehead atoms. The van der Waals surface area contributed by atoms with Crippen molar-refractivity contribution >= 4 is 40.0 Å². The van der Waals surface area contributed by atoms with Crippen molar-refractivity contribution < 1.29 is 22.8 Å². The van der Waals surface area contributed by atoms with Gasteiger partial charge in [-0.05, 0) is 25.5 Å². The van der Waals surface area contributed by atoms with Gasteiger partial charge in [-0.15, -0.1) is 23.1 Å². The quantitative estimate of drug-likeness (QED) is 0.797. The number of fused-ring (bicyclic) bond motifs is 1. The number of amides is 2. The molecule has 4 rings (SSSR count). The zero-order valence-corrected chi connectivity index (χ0v) is 16.4. The maximum atomic E-state index is 12.9. The summed E-state index contributed by atoms with van der Waals surface area (Å²) >= 11 is 2.73. The first-order valence-corrected chi connectivity index (χ1v) is 10.4. The number of carbonyl (C=O) groups excluding carboxylic acids is 2. The van der Waals surface area contributed by atoms with Gasteiger partial charge in [-0.25, -0.2) is 4.98 Å². The minimum Gasteiger partial charge on any atom is -0.315 e. The molecule has 0 radical (unpaired) electrons. The van der Waals surface area contributed by atoms with Gasteiger partial charge < -0.3 is 10.2 Å². The monoisotopic (exact) mass is 427 g/mol. The second-order valence-electron chi connectivity index (χ2n) is 6.87. The van der Waals surface area contributed by atoms with Gasteiger partial charge >= 0.3 is 6.18 Å². The maximum absolute atomic E-state index is 12.9. The Kier molecular flexibility index (Phi) is 4.65. The van der Waals surface area contributed by atoms with Crippen LogP contribution in [0.2, 0.25) is 0 Å². The number of carbonyl (C=O) groups is 2. The van der Waals surface area contributed by atoms with E-state index < -0.39 is 17.8 Å². The van der Waals surface area contributed by atoms with E-state index in [1.54, 1.807) is 22.0 Å². The lowest BCUT2D eigenvalue weighted by atomic mass is 10.1. The van der Waals surface area contributed by atoms with Gasteiger partial charge in [0.15, 0.2) is 5.13 Å². The van der Waals surface area contributed by atoms with Gasteiger partial charge in [0, 0.05) is 23.1 Å². The molecule has 2 unspecified atom stereocenters. The third kappa shape index (κ3) is 3.39. The number of nitrogens with one attached hydrogen (secondary N) is 1. The molecular weight excluding hydrogens is 411 g/mol. The Hall–Kier alpha value is -2.07. The third-order valence-corrected chi connectivity index (χ3v) is 7.23. The van der Waals surface area contributed by atoms with Gasteiger partial charge in [0.05, 0.1) is 16.1 Å². The van der Waals surface area contributed by atoms with E-state index in [0.29, 0.717) is 28.6 Å². The number of aromatic nitrogens is 1. The second kappa shape index (κ2) is 6.77. The lowest BCUT2D eigenvalue weighted by molar-refractivity contribution is -0.137. The van der Waals surface area contributed by atoms with Crippen LogP contribution in [0.4, 0.5) is 18.3 Å². The summed E-state index contributed by atoms with van der Waals surface area (Å²) in [6.45, 7) is 1.96. The smallest absolute Gasteiger partial charge is 0.315 e. The molecule has 0 aliphatic carbocycles. The number of thioether (sulfide) groups is 1. The van der Waals surface area contributed by atoms with E-state index in [-0.39, 0.29) is 16.7 Å². The number of alkyl halides is 3. The van der Waals surface area contributed by atoms with Gasteiger partial charge in [0.1, 0.15) is 6.04 Å². The highest BCUT2D eigenvalue weighted by molar-refractivity contribution is 8.01. The summed E-state index contributed by atoms with van der Waals surface area (Å²) in [5, 5.41) is 4.60. The summed E-state index contributed by atoms with van der Waals surface area (Å²) in [4.78, 5) is 30.4. The van der Waals surface area contributed by atoms with Gasteiger partial charge in [0.25, 0.3) is 0 Å². The average Bonchev–Trinajstić information content (AvgIpc) is 3.31. The normalized spacial score (nSPS) is 24.5. The fourth-order valence-electron chi connectivity index (χ4n) is 3.52. The van der Waals surface area contributed by atoms with Crippen LogP contribution in [-0.4, -0.2) is 38.4 Å². The molecule has 5 nitrogen and oxygen atoms in total. The first-order valence-electron chi connectivity index (χ1n) is 8.57. The van der Waals surface area contributed by atoms with Crippen LogP contribution >= 0.6 is 23.1 Å². The summed E-state index contributed by atoms with van der Waals surface area (Å²) in [6, 6.07) is 4.33. The molecule has 2 saturated heterocycles. The van der Waals surface area contributed by atoms with Gasteiger partial charge in [0.2, 0.25) is 11.8 Å². The van der Waals surface area contributed by atoms with Crippen LogP contribution in [0.3, 0.4) is 0 Å². The van der Waals surface area contributed by atoms with Crippen LogP contribution in [0.15, 0.2) is 29.6 Å². The zero-order valence-electron chi connectivity index (χ0n) is 14.7. The fraction of sp³-hybridized carbons (Fsp3) is 0.389. The van der Waals surface area contributed by atoms with Crippen LogP contribution in [0.5, 0.6) is 0 Å². The molecule has 28 heavy (non-hydrogen) atoms. The van der Waals surface area contributed by atoms with E-state index in [2.05, 4.69) is 10.3 Å². The van der Waals surface area contributed by atoms with Crippen LogP contribution in [0.25, 0.3) is 11.3 Å². The number of anilines is 1. The topological polar surface area (TPSA) is 62.3 Å². The lowest BCUT2D eigenvalue weighted by Crippen LogP contribution is -2.48. The van der Waals surface area contributed by atoms with Crippen molar-refractivity contribution in [1.82, 2.24) is 9.88 Å². The third-order valence-electron chi connectivity index (χ3n) is 4.97. The molecule has 0 spiro atoms.